The molecule has 5 rings (SSSR count). The molecule has 0 amide bonds. The van der Waals surface area contributed by atoms with Crippen LogP contribution < -0.4 is 0 Å². The van der Waals surface area contributed by atoms with Crippen molar-refractivity contribution >= 4 is 23.4 Å². The molecule has 2 aliphatic heterocycles. The zero-order chi connectivity index (χ0) is 24.2. The van der Waals surface area contributed by atoms with Crippen molar-refractivity contribution < 1.29 is 18.9 Å². The molecule has 12 heteroatoms. The molecule has 2 aromatic heterocycles. The van der Waals surface area contributed by atoms with Gasteiger partial charge in [0, 0.05) is 46.6 Å². The molecule has 0 bridgehead atoms. The van der Waals surface area contributed by atoms with Crippen molar-refractivity contribution in [2.24, 2.45) is 5.11 Å². The summed E-state index contributed by atoms with van der Waals surface area (Å²) in [6, 6.07) is 10.7. The molecule has 0 saturated carbocycles. The van der Waals surface area contributed by atoms with Crippen LogP contribution in [-0.4, -0.2) is 58.5 Å². The maximum atomic E-state index is 9.34. The van der Waals surface area contributed by atoms with E-state index >= 15 is 0 Å². The van der Waals surface area contributed by atoms with Crippen LogP contribution >= 0.6 is 23.4 Å². The average Bonchev–Trinajstić information content (AvgIpc) is 2.90. The number of methoxy groups -OCH3 is 1. The van der Waals surface area contributed by atoms with Crippen LogP contribution in [0.2, 0.25) is 5.02 Å². The van der Waals surface area contributed by atoms with Gasteiger partial charge in [0.1, 0.15) is 30.1 Å². The summed E-state index contributed by atoms with van der Waals surface area (Å²) >= 11 is 7.64. The number of halogens is 1. The summed E-state index contributed by atoms with van der Waals surface area (Å²) in [6.07, 6.45) is 4.15. The Labute approximate surface area is 210 Å². The third kappa shape index (κ3) is 5.12. The molecule has 10 nitrogen and oxygen atoms in total. The van der Waals surface area contributed by atoms with E-state index < -0.39 is 36.1 Å². The molecule has 0 aliphatic carbocycles. The van der Waals surface area contributed by atoms with Crippen LogP contribution in [0.4, 0.5) is 0 Å². The van der Waals surface area contributed by atoms with Crippen LogP contribution in [0.25, 0.3) is 21.7 Å². The van der Waals surface area contributed by atoms with Crippen LogP contribution in [0, 0.1) is 0 Å². The molecule has 2 aliphatic rings. The van der Waals surface area contributed by atoms with E-state index in [1.54, 1.807) is 31.8 Å². The van der Waals surface area contributed by atoms with Gasteiger partial charge in [-0.25, -0.2) is 9.97 Å². The number of hydrogen-bond acceptors (Lipinski definition) is 9. The van der Waals surface area contributed by atoms with Gasteiger partial charge in [-0.05, 0) is 11.6 Å². The zero-order valence-corrected chi connectivity index (χ0v) is 20.1. The van der Waals surface area contributed by atoms with Gasteiger partial charge in [0.05, 0.1) is 23.4 Å². The highest BCUT2D eigenvalue weighted by Crippen LogP contribution is 2.43. The van der Waals surface area contributed by atoms with Gasteiger partial charge in [0.15, 0.2) is 6.29 Å². The lowest BCUT2D eigenvalue weighted by atomic mass is 9.96. The first kappa shape index (κ1) is 24.0. The summed E-state index contributed by atoms with van der Waals surface area (Å²) in [6.45, 7) is 0.266. The lowest BCUT2D eigenvalue weighted by Crippen LogP contribution is -2.60. The number of rotatable bonds is 6. The fourth-order valence-corrected chi connectivity index (χ4v) is 5.71. The Hall–Kier alpha value is -2.76. The first-order valence-corrected chi connectivity index (χ1v) is 12.1. The van der Waals surface area contributed by atoms with Crippen molar-refractivity contribution in [2.75, 3.05) is 13.7 Å². The summed E-state index contributed by atoms with van der Waals surface area (Å²) in [4.78, 5) is 16.5. The van der Waals surface area contributed by atoms with Gasteiger partial charge in [-0.2, -0.15) is 0 Å². The highest BCUT2D eigenvalue weighted by Gasteiger charge is 2.50. The Morgan fingerprint density at radius 2 is 1.97 bits per heavy atom. The topological polar surface area (TPSA) is 124 Å². The predicted octanol–water partition coefficient (Wildman–Crippen LogP) is 4.82. The van der Waals surface area contributed by atoms with Gasteiger partial charge in [-0.1, -0.05) is 58.8 Å². The van der Waals surface area contributed by atoms with Gasteiger partial charge in [-0.3, -0.25) is 4.98 Å². The summed E-state index contributed by atoms with van der Waals surface area (Å²) in [5.74, 6) is 0. The minimum Gasteiger partial charge on any atom is -0.377 e. The third-order valence-electron chi connectivity index (χ3n) is 5.73. The minimum atomic E-state index is -0.646. The fourth-order valence-electron chi connectivity index (χ4n) is 4.16. The van der Waals surface area contributed by atoms with E-state index in [-0.39, 0.29) is 6.61 Å². The van der Waals surface area contributed by atoms with E-state index in [1.165, 1.54) is 18.1 Å². The molecule has 0 spiro atoms. The lowest BCUT2D eigenvalue weighted by molar-refractivity contribution is -0.298. The average molecular weight is 513 g/mol. The molecular weight excluding hydrogens is 492 g/mol. The van der Waals surface area contributed by atoms with Crippen molar-refractivity contribution in [1.82, 2.24) is 15.0 Å². The number of nitrogens with zero attached hydrogens (tertiary/aromatic N) is 6. The SMILES string of the molecule is COC1[C@@H](Sc2cc(Cl)cnc2-c2cncnc2)OC2COC(c3ccccc3)O[C@@H]2[C@@H]1N=[N+]=[N-]. The molecule has 180 valence electrons. The number of thioether (sulfide) groups is 1. The molecule has 3 aromatic rings. The minimum absolute atomic E-state index is 0.266. The van der Waals surface area contributed by atoms with Gasteiger partial charge >= 0.3 is 0 Å². The van der Waals surface area contributed by atoms with Gasteiger partial charge in [0.25, 0.3) is 0 Å². The Bertz CT molecular complexity index is 1200. The number of hydrogen-bond donors (Lipinski definition) is 0. The molecule has 35 heavy (non-hydrogen) atoms. The molecule has 0 N–H and O–H groups in total. The maximum absolute atomic E-state index is 9.34. The molecule has 3 unspecified atom stereocenters. The van der Waals surface area contributed by atoms with Gasteiger partial charge in [-0.15, -0.1) is 0 Å². The number of ether oxygens (including phenoxy) is 4. The van der Waals surface area contributed by atoms with Gasteiger partial charge < -0.3 is 18.9 Å². The molecule has 6 atom stereocenters. The van der Waals surface area contributed by atoms with Crippen LogP contribution in [-0.2, 0) is 18.9 Å². The summed E-state index contributed by atoms with van der Waals surface area (Å²) in [5.41, 5.74) is 11.0. The summed E-state index contributed by atoms with van der Waals surface area (Å²) in [7, 11) is 1.55. The standard InChI is InChI=1S/C23H21ClN6O4S/c1-31-21-19(29-30-25)20-16(11-32-22(34-20)13-5-3-2-4-6-13)33-23(21)35-17-7-15(24)10-28-18(17)14-8-26-12-27-9-14/h2-10,12,16,19-23H,11H2,1H3/t16?,19-,20-,21?,22?,23+/m0/s1. The van der Waals surface area contributed by atoms with E-state index in [0.717, 1.165) is 16.0 Å². The number of benzene rings is 1. The van der Waals surface area contributed by atoms with Crippen LogP contribution in [0.5, 0.6) is 0 Å². The van der Waals surface area contributed by atoms with Crippen molar-refractivity contribution in [2.45, 2.75) is 41.0 Å². The van der Waals surface area contributed by atoms with Gasteiger partial charge in [0.2, 0.25) is 0 Å². The first-order chi connectivity index (χ1) is 17.2. The largest absolute Gasteiger partial charge is 0.377 e. The predicted molar refractivity (Wildman–Crippen MR) is 129 cm³/mol. The Morgan fingerprint density at radius 1 is 1.17 bits per heavy atom. The second-order valence-corrected chi connectivity index (χ2v) is 9.44. The summed E-state index contributed by atoms with van der Waals surface area (Å²) < 4.78 is 24.4. The molecule has 0 radical (unpaired) electrons. The van der Waals surface area contributed by atoms with Crippen LogP contribution in [0.15, 0.2) is 71.3 Å². The van der Waals surface area contributed by atoms with Crippen LogP contribution in [0.1, 0.15) is 11.9 Å². The van der Waals surface area contributed by atoms with E-state index in [4.69, 9.17) is 30.5 Å². The third-order valence-corrected chi connectivity index (χ3v) is 7.12. The highest BCUT2D eigenvalue weighted by atomic mass is 35.5. The number of azide groups is 1. The highest BCUT2D eigenvalue weighted by molar-refractivity contribution is 8.00. The summed E-state index contributed by atoms with van der Waals surface area (Å²) in [5, 5.41) is 4.53. The van der Waals surface area contributed by atoms with Crippen molar-refractivity contribution in [3.05, 3.63) is 82.3 Å². The Balaban J connectivity index is 1.44. The number of fused-ring (bicyclic) bond motifs is 1. The fraction of sp³-hybridized carbons (Fsp3) is 0.348. The van der Waals surface area contributed by atoms with Crippen molar-refractivity contribution in [3.63, 3.8) is 0 Å². The number of aromatic nitrogens is 3. The monoisotopic (exact) mass is 512 g/mol. The number of pyridine rings is 1. The Morgan fingerprint density at radius 3 is 2.71 bits per heavy atom. The molecule has 1 aromatic carbocycles. The first-order valence-electron chi connectivity index (χ1n) is 10.8. The van der Waals surface area contributed by atoms with E-state index in [2.05, 4.69) is 25.0 Å². The normalized spacial score (nSPS) is 28.1. The molecule has 2 fully saturated rings. The van der Waals surface area contributed by atoms with Crippen molar-refractivity contribution in [3.8, 4) is 11.3 Å². The maximum Gasteiger partial charge on any atom is 0.184 e. The quantitative estimate of drug-likeness (QED) is 0.261. The Kier molecular flexibility index (Phi) is 7.45. The second kappa shape index (κ2) is 10.9. The molecular formula is C23H21ClN6O4S. The van der Waals surface area contributed by atoms with E-state index in [1.807, 2.05) is 30.3 Å². The van der Waals surface area contributed by atoms with E-state index in [9.17, 15) is 5.53 Å². The lowest BCUT2D eigenvalue weighted by Gasteiger charge is -2.47. The van der Waals surface area contributed by atoms with Crippen LogP contribution in [0.3, 0.4) is 0 Å². The zero-order valence-electron chi connectivity index (χ0n) is 18.5. The molecule has 4 heterocycles. The molecule has 2 saturated heterocycles. The van der Waals surface area contributed by atoms with E-state index in [0.29, 0.717) is 10.7 Å². The van der Waals surface area contributed by atoms with Crippen molar-refractivity contribution in [1.29, 1.82) is 0 Å². The smallest absolute Gasteiger partial charge is 0.184 e. The second-order valence-electron chi connectivity index (χ2n) is 7.86.